The minimum atomic E-state index is -2.93. The Kier molecular flexibility index (Phi) is 4.56. The lowest BCUT2D eigenvalue weighted by molar-refractivity contribution is -0.0497. The fourth-order valence-corrected chi connectivity index (χ4v) is 4.15. The van der Waals surface area contributed by atoms with Crippen LogP contribution in [0.5, 0.6) is 5.75 Å². The topological polar surface area (TPSA) is 75.2 Å². The molecule has 29 heavy (non-hydrogen) atoms. The maximum Gasteiger partial charge on any atom is 0.387 e. The fraction of sp³-hybridized carbons (Fsp3) is 0.316. The highest BCUT2D eigenvalue weighted by atomic mass is 35.5. The molecule has 0 amide bonds. The van der Waals surface area contributed by atoms with Gasteiger partial charge in [0.2, 0.25) is 0 Å². The van der Waals surface area contributed by atoms with Crippen molar-refractivity contribution in [2.75, 3.05) is 23.3 Å². The van der Waals surface area contributed by atoms with E-state index in [-0.39, 0.29) is 10.8 Å². The number of piperazine rings is 1. The maximum atomic E-state index is 12.4. The lowest BCUT2D eigenvalue weighted by atomic mass is 10.2. The van der Waals surface area contributed by atoms with E-state index >= 15 is 0 Å². The normalized spacial score (nSPS) is 20.6. The molecule has 2 aliphatic heterocycles. The molecule has 3 aromatic rings. The molecule has 1 aromatic carbocycles. The van der Waals surface area contributed by atoms with Crippen molar-refractivity contribution in [3.05, 3.63) is 41.7 Å². The molecule has 5 rings (SSSR count). The van der Waals surface area contributed by atoms with Crippen molar-refractivity contribution in [3.8, 4) is 5.75 Å². The number of hydrogen-bond donors (Lipinski definition) is 2. The van der Waals surface area contributed by atoms with Crippen LogP contribution in [-0.2, 0) is 0 Å². The van der Waals surface area contributed by atoms with Crippen molar-refractivity contribution >= 4 is 40.0 Å². The van der Waals surface area contributed by atoms with Crippen molar-refractivity contribution in [1.29, 1.82) is 0 Å². The highest BCUT2D eigenvalue weighted by molar-refractivity contribution is 6.32. The zero-order valence-electron chi connectivity index (χ0n) is 15.1. The summed E-state index contributed by atoms with van der Waals surface area (Å²) in [5.41, 5.74) is 1.91. The minimum absolute atomic E-state index is 0.0721. The summed E-state index contributed by atoms with van der Waals surface area (Å²) in [5, 5.41) is 6.70. The van der Waals surface area contributed by atoms with Gasteiger partial charge in [0, 0.05) is 30.9 Å². The Balaban J connectivity index is 1.45. The number of anilines is 3. The summed E-state index contributed by atoms with van der Waals surface area (Å²) in [6.45, 7) is -1.04. The van der Waals surface area contributed by atoms with E-state index in [9.17, 15) is 8.78 Å². The summed E-state index contributed by atoms with van der Waals surface area (Å²) in [4.78, 5) is 15.7. The maximum absolute atomic E-state index is 12.4. The molecule has 0 unspecified atom stereocenters. The summed E-state index contributed by atoms with van der Waals surface area (Å²) in [7, 11) is 0. The molecule has 10 heteroatoms. The predicted octanol–water partition coefficient (Wildman–Crippen LogP) is 3.57. The summed E-state index contributed by atoms with van der Waals surface area (Å²) < 4.78 is 29.2. The third-order valence-electron chi connectivity index (χ3n) is 5.23. The average molecular weight is 419 g/mol. The van der Waals surface area contributed by atoms with Gasteiger partial charge >= 0.3 is 6.61 Å². The van der Waals surface area contributed by atoms with Crippen LogP contribution in [0.2, 0.25) is 5.02 Å². The van der Waals surface area contributed by atoms with E-state index in [1.54, 1.807) is 6.07 Å². The lowest BCUT2D eigenvalue weighted by Gasteiger charge is -2.28. The molecular weight excluding hydrogens is 402 g/mol. The van der Waals surface area contributed by atoms with Gasteiger partial charge in [0.1, 0.15) is 23.4 Å². The van der Waals surface area contributed by atoms with Gasteiger partial charge in [-0.05, 0) is 36.8 Å². The molecular formula is C19H17ClF2N6O. The molecule has 2 fully saturated rings. The van der Waals surface area contributed by atoms with Gasteiger partial charge < -0.3 is 20.3 Å². The van der Waals surface area contributed by atoms with Crippen molar-refractivity contribution < 1.29 is 13.5 Å². The first-order chi connectivity index (χ1) is 14.1. The molecule has 2 aromatic heterocycles. The number of nitrogens with zero attached hydrogens (tertiary/aromatic N) is 4. The molecule has 150 valence electrons. The molecule has 4 heterocycles. The number of halogens is 3. The number of hydrogen-bond acceptors (Lipinski definition) is 7. The first-order valence-corrected chi connectivity index (χ1v) is 9.58. The molecule has 0 saturated carbocycles. The molecule has 2 aliphatic rings. The molecule has 2 N–H and O–H groups in total. The second-order valence-corrected chi connectivity index (χ2v) is 7.46. The number of pyridine rings is 1. The zero-order chi connectivity index (χ0) is 20.0. The van der Waals surface area contributed by atoms with Crippen LogP contribution in [0.3, 0.4) is 0 Å². The van der Waals surface area contributed by atoms with Crippen molar-refractivity contribution in [1.82, 2.24) is 20.3 Å². The number of rotatable bonds is 5. The molecule has 0 aliphatic carbocycles. The fourth-order valence-electron chi connectivity index (χ4n) is 3.93. The molecule has 7 nitrogen and oxygen atoms in total. The predicted molar refractivity (Wildman–Crippen MR) is 106 cm³/mol. The van der Waals surface area contributed by atoms with Gasteiger partial charge in [0.05, 0.1) is 10.5 Å². The van der Waals surface area contributed by atoms with Crippen LogP contribution in [0.15, 0.2) is 36.7 Å². The van der Waals surface area contributed by atoms with Crippen LogP contribution < -0.4 is 20.3 Å². The lowest BCUT2D eigenvalue weighted by Crippen LogP contribution is -2.44. The molecule has 0 radical (unpaired) electrons. The van der Waals surface area contributed by atoms with Gasteiger partial charge in [-0.2, -0.15) is 8.78 Å². The quantitative estimate of drug-likeness (QED) is 0.656. The van der Waals surface area contributed by atoms with E-state index in [0.29, 0.717) is 34.6 Å². The number of alkyl halides is 2. The number of ether oxygens (including phenoxy) is 1. The first kappa shape index (κ1) is 18.3. The van der Waals surface area contributed by atoms with Crippen LogP contribution in [0, 0.1) is 0 Å². The first-order valence-electron chi connectivity index (χ1n) is 9.20. The van der Waals surface area contributed by atoms with Gasteiger partial charge in [0.25, 0.3) is 0 Å². The van der Waals surface area contributed by atoms with E-state index < -0.39 is 6.61 Å². The SMILES string of the molecule is FC(F)Oc1ccc(Nc2ncnc3ccc(N4C[C@@H]5C[C@H]4CN5)nc23)cc1Cl. The Bertz CT molecular complexity index is 1070. The molecule has 2 bridgehead atoms. The Morgan fingerprint density at radius 3 is 2.86 bits per heavy atom. The number of nitrogens with one attached hydrogen (secondary N) is 2. The third kappa shape index (κ3) is 3.51. The van der Waals surface area contributed by atoms with Crippen LogP contribution in [0.4, 0.5) is 26.1 Å². The van der Waals surface area contributed by atoms with Gasteiger partial charge in [-0.25, -0.2) is 15.0 Å². The molecule has 2 atom stereocenters. The van der Waals surface area contributed by atoms with E-state index in [1.807, 2.05) is 12.1 Å². The van der Waals surface area contributed by atoms with E-state index in [1.165, 1.54) is 18.5 Å². The number of benzene rings is 1. The van der Waals surface area contributed by atoms with E-state index in [4.69, 9.17) is 16.6 Å². The summed E-state index contributed by atoms with van der Waals surface area (Å²) in [6.07, 6.45) is 2.57. The minimum Gasteiger partial charge on any atom is -0.433 e. The van der Waals surface area contributed by atoms with E-state index in [0.717, 1.165) is 25.3 Å². The highest BCUT2D eigenvalue weighted by Gasteiger charge is 2.38. The third-order valence-corrected chi connectivity index (χ3v) is 5.52. The number of aromatic nitrogens is 3. The van der Waals surface area contributed by atoms with Gasteiger partial charge in [-0.3, -0.25) is 0 Å². The second kappa shape index (κ2) is 7.23. The highest BCUT2D eigenvalue weighted by Crippen LogP contribution is 2.33. The second-order valence-electron chi connectivity index (χ2n) is 7.06. The summed E-state index contributed by atoms with van der Waals surface area (Å²) in [6, 6.07) is 9.34. The Morgan fingerprint density at radius 2 is 2.14 bits per heavy atom. The Hall–Kier alpha value is -2.78. The van der Waals surface area contributed by atoms with Gasteiger partial charge in [0.15, 0.2) is 5.82 Å². The van der Waals surface area contributed by atoms with Crippen LogP contribution >= 0.6 is 11.6 Å². The van der Waals surface area contributed by atoms with Crippen LogP contribution in [0.1, 0.15) is 6.42 Å². The Morgan fingerprint density at radius 1 is 1.24 bits per heavy atom. The van der Waals surface area contributed by atoms with Crippen molar-refractivity contribution in [2.45, 2.75) is 25.1 Å². The zero-order valence-corrected chi connectivity index (χ0v) is 15.9. The monoisotopic (exact) mass is 418 g/mol. The van der Waals surface area contributed by atoms with Crippen LogP contribution in [-0.4, -0.2) is 46.7 Å². The Labute approximate surface area is 170 Å². The van der Waals surface area contributed by atoms with Crippen molar-refractivity contribution in [3.63, 3.8) is 0 Å². The summed E-state index contributed by atoms with van der Waals surface area (Å²) in [5.74, 6) is 1.32. The number of fused-ring (bicyclic) bond motifs is 3. The van der Waals surface area contributed by atoms with Gasteiger partial charge in [-0.15, -0.1) is 0 Å². The van der Waals surface area contributed by atoms with Crippen molar-refractivity contribution in [2.24, 2.45) is 0 Å². The summed E-state index contributed by atoms with van der Waals surface area (Å²) >= 11 is 6.05. The van der Waals surface area contributed by atoms with Crippen LogP contribution in [0.25, 0.3) is 11.0 Å². The molecule has 2 saturated heterocycles. The molecule has 0 spiro atoms. The standard InChI is InChI=1S/C19H17ClF2N6O/c20-13-6-10(1-3-15(13)29-19(21)22)26-18-17-14(24-9-25-18)2-4-16(27-17)28-8-11-5-12(28)7-23-11/h1-4,6,9,11-12,19,23H,5,7-8H2,(H,24,25,26)/t11-,12-/m0/s1. The van der Waals surface area contributed by atoms with Gasteiger partial charge in [-0.1, -0.05) is 11.6 Å². The average Bonchev–Trinajstić information content (AvgIpc) is 3.33. The smallest absolute Gasteiger partial charge is 0.387 e. The largest absolute Gasteiger partial charge is 0.433 e. The van der Waals surface area contributed by atoms with E-state index in [2.05, 4.69) is 30.2 Å².